The van der Waals surface area contributed by atoms with Crippen LogP contribution in [0.2, 0.25) is 0 Å². The number of carbonyl (C=O) groups is 2. The van der Waals surface area contributed by atoms with E-state index in [2.05, 4.69) is 5.32 Å². The number of hydrogen-bond donors (Lipinski definition) is 1. The van der Waals surface area contributed by atoms with E-state index in [9.17, 15) is 9.59 Å². The fourth-order valence-corrected chi connectivity index (χ4v) is 2.08. The smallest absolute Gasteiger partial charge is 0.407 e. The van der Waals surface area contributed by atoms with Gasteiger partial charge in [-0.05, 0) is 18.4 Å². The van der Waals surface area contributed by atoms with Crippen molar-refractivity contribution in [3.8, 4) is 0 Å². The van der Waals surface area contributed by atoms with Gasteiger partial charge < -0.3 is 10.1 Å². The number of amides is 1. The third-order valence-corrected chi connectivity index (χ3v) is 3.02. The second-order valence-electron chi connectivity index (χ2n) is 4.54. The average Bonchev–Trinajstić information content (AvgIpc) is 2.38. The lowest BCUT2D eigenvalue weighted by Crippen LogP contribution is -2.38. The monoisotopic (exact) mass is 247 g/mol. The predicted molar refractivity (Wildman–Crippen MR) is 67.0 cm³/mol. The van der Waals surface area contributed by atoms with Gasteiger partial charge in [-0.3, -0.25) is 4.79 Å². The van der Waals surface area contributed by atoms with Crippen molar-refractivity contribution in [2.75, 3.05) is 0 Å². The van der Waals surface area contributed by atoms with E-state index in [0.717, 1.165) is 18.4 Å². The molecule has 1 atom stereocenters. The second kappa shape index (κ2) is 6.19. The summed E-state index contributed by atoms with van der Waals surface area (Å²) in [6, 6.07) is 9.45. The number of hydrogen-bond acceptors (Lipinski definition) is 3. The van der Waals surface area contributed by atoms with Crippen molar-refractivity contribution in [2.24, 2.45) is 0 Å². The first-order chi connectivity index (χ1) is 8.74. The molecule has 1 aromatic rings. The molecule has 0 aromatic heterocycles. The lowest BCUT2D eigenvalue weighted by atomic mass is 9.94. The molecule has 0 unspecified atom stereocenters. The summed E-state index contributed by atoms with van der Waals surface area (Å²) in [4.78, 5) is 22.8. The van der Waals surface area contributed by atoms with Gasteiger partial charge in [0.05, 0.1) is 0 Å². The molecule has 1 aromatic carbocycles. The molecule has 1 amide bonds. The normalized spacial score (nSPS) is 19.3. The third kappa shape index (κ3) is 3.87. The van der Waals surface area contributed by atoms with Gasteiger partial charge in [0.25, 0.3) is 0 Å². The maximum absolute atomic E-state index is 11.5. The number of rotatable bonds is 3. The van der Waals surface area contributed by atoms with Crippen molar-refractivity contribution in [3.63, 3.8) is 0 Å². The molecule has 0 radical (unpaired) electrons. The molecule has 0 spiro atoms. The van der Waals surface area contributed by atoms with Crippen LogP contribution in [0.3, 0.4) is 0 Å². The number of Topliss-reactive ketones (excluding diaryl/α,β-unsaturated/α-hetero) is 1. The molecular formula is C14H17NO3. The highest BCUT2D eigenvalue weighted by Crippen LogP contribution is 2.14. The molecule has 0 saturated heterocycles. The predicted octanol–water partition coefficient (Wildman–Crippen LogP) is 2.42. The Bertz CT molecular complexity index is 416. The Hall–Kier alpha value is -1.84. The summed E-state index contributed by atoms with van der Waals surface area (Å²) < 4.78 is 5.10. The lowest BCUT2D eigenvalue weighted by Gasteiger charge is -2.21. The zero-order valence-electron chi connectivity index (χ0n) is 10.2. The van der Waals surface area contributed by atoms with Crippen LogP contribution < -0.4 is 5.32 Å². The van der Waals surface area contributed by atoms with E-state index in [1.54, 1.807) is 0 Å². The zero-order chi connectivity index (χ0) is 12.8. The minimum Gasteiger partial charge on any atom is -0.445 e. The topological polar surface area (TPSA) is 55.4 Å². The summed E-state index contributed by atoms with van der Waals surface area (Å²) in [5.41, 5.74) is 0.951. The molecular weight excluding hydrogens is 230 g/mol. The highest BCUT2D eigenvalue weighted by Gasteiger charge is 2.21. The second-order valence-corrected chi connectivity index (χ2v) is 4.54. The van der Waals surface area contributed by atoms with E-state index in [4.69, 9.17) is 4.74 Å². The minimum absolute atomic E-state index is 0.0606. The number of nitrogens with one attached hydrogen (secondary N) is 1. The van der Waals surface area contributed by atoms with Crippen LogP contribution in [0.1, 0.15) is 31.2 Å². The van der Waals surface area contributed by atoms with Crippen molar-refractivity contribution in [1.82, 2.24) is 5.32 Å². The Morgan fingerprint density at radius 2 is 2.11 bits per heavy atom. The molecule has 0 bridgehead atoms. The Morgan fingerprint density at radius 1 is 1.33 bits per heavy atom. The summed E-state index contributed by atoms with van der Waals surface area (Å²) >= 11 is 0. The average molecular weight is 247 g/mol. The SMILES string of the molecule is O=C1CCC[C@H](NC(=O)OCc2ccccc2)C1. The van der Waals surface area contributed by atoms with Gasteiger partial charge in [0, 0.05) is 18.9 Å². The summed E-state index contributed by atoms with van der Waals surface area (Å²) in [6.07, 6.45) is 2.32. The van der Waals surface area contributed by atoms with Crippen LogP contribution >= 0.6 is 0 Å². The maximum Gasteiger partial charge on any atom is 0.407 e. The molecule has 1 N–H and O–H groups in total. The van der Waals surface area contributed by atoms with Crippen molar-refractivity contribution in [3.05, 3.63) is 35.9 Å². The fraction of sp³-hybridized carbons (Fsp3) is 0.429. The van der Waals surface area contributed by atoms with Gasteiger partial charge in [0.2, 0.25) is 0 Å². The Balaban J connectivity index is 1.73. The molecule has 18 heavy (non-hydrogen) atoms. The van der Waals surface area contributed by atoms with Crippen molar-refractivity contribution in [2.45, 2.75) is 38.3 Å². The molecule has 1 aliphatic carbocycles. The Morgan fingerprint density at radius 3 is 2.83 bits per heavy atom. The van der Waals surface area contributed by atoms with E-state index in [1.165, 1.54) is 0 Å². The molecule has 1 fully saturated rings. The van der Waals surface area contributed by atoms with Crippen LogP contribution in [0.25, 0.3) is 0 Å². The van der Waals surface area contributed by atoms with Gasteiger partial charge in [0.1, 0.15) is 12.4 Å². The molecule has 0 aliphatic heterocycles. The van der Waals surface area contributed by atoms with Gasteiger partial charge in [-0.1, -0.05) is 30.3 Å². The van der Waals surface area contributed by atoms with Gasteiger partial charge >= 0.3 is 6.09 Å². The highest BCUT2D eigenvalue weighted by atomic mass is 16.5. The van der Waals surface area contributed by atoms with E-state index in [0.29, 0.717) is 12.8 Å². The number of benzene rings is 1. The Kier molecular flexibility index (Phi) is 4.34. The first-order valence-corrected chi connectivity index (χ1v) is 6.23. The first-order valence-electron chi connectivity index (χ1n) is 6.23. The van der Waals surface area contributed by atoms with Crippen molar-refractivity contribution >= 4 is 11.9 Å². The van der Waals surface area contributed by atoms with E-state index < -0.39 is 6.09 Å². The van der Waals surface area contributed by atoms with Crippen LogP contribution in [-0.2, 0) is 16.1 Å². The van der Waals surface area contributed by atoms with Gasteiger partial charge in [-0.25, -0.2) is 4.79 Å². The van der Waals surface area contributed by atoms with Crippen LogP contribution in [-0.4, -0.2) is 17.9 Å². The summed E-state index contributed by atoms with van der Waals surface area (Å²) in [6.45, 7) is 0.257. The van der Waals surface area contributed by atoms with Crippen LogP contribution in [0.5, 0.6) is 0 Å². The standard InChI is InChI=1S/C14H17NO3/c16-13-8-4-7-12(9-13)15-14(17)18-10-11-5-2-1-3-6-11/h1-3,5-6,12H,4,7-10H2,(H,15,17)/t12-/m0/s1. The third-order valence-electron chi connectivity index (χ3n) is 3.02. The molecule has 4 nitrogen and oxygen atoms in total. The molecule has 96 valence electrons. The highest BCUT2D eigenvalue weighted by molar-refractivity contribution is 5.80. The largest absolute Gasteiger partial charge is 0.445 e. The van der Waals surface area contributed by atoms with Crippen molar-refractivity contribution in [1.29, 1.82) is 0 Å². The van der Waals surface area contributed by atoms with Crippen LogP contribution in [0.4, 0.5) is 4.79 Å². The van der Waals surface area contributed by atoms with Crippen LogP contribution in [0.15, 0.2) is 30.3 Å². The molecule has 2 rings (SSSR count). The van der Waals surface area contributed by atoms with E-state index in [1.807, 2.05) is 30.3 Å². The summed E-state index contributed by atoms with van der Waals surface area (Å²) in [7, 11) is 0. The zero-order valence-corrected chi connectivity index (χ0v) is 10.2. The lowest BCUT2D eigenvalue weighted by molar-refractivity contribution is -0.120. The van der Waals surface area contributed by atoms with Crippen LogP contribution in [0, 0.1) is 0 Å². The summed E-state index contributed by atoms with van der Waals surface area (Å²) in [5, 5.41) is 2.74. The first kappa shape index (κ1) is 12.6. The molecule has 4 heteroatoms. The fourth-order valence-electron chi connectivity index (χ4n) is 2.08. The molecule has 1 saturated carbocycles. The number of ether oxygens (including phenoxy) is 1. The Labute approximate surface area is 106 Å². The van der Waals surface area contributed by atoms with Gasteiger partial charge in [0.15, 0.2) is 0 Å². The van der Waals surface area contributed by atoms with E-state index >= 15 is 0 Å². The minimum atomic E-state index is -0.446. The van der Waals surface area contributed by atoms with Gasteiger partial charge in [-0.2, -0.15) is 0 Å². The maximum atomic E-state index is 11.5. The molecule has 1 aliphatic rings. The quantitative estimate of drug-likeness (QED) is 0.892. The van der Waals surface area contributed by atoms with Crippen molar-refractivity contribution < 1.29 is 14.3 Å². The van der Waals surface area contributed by atoms with Gasteiger partial charge in [-0.15, -0.1) is 0 Å². The number of carbonyl (C=O) groups excluding carboxylic acids is 2. The molecule has 0 heterocycles. The van der Waals surface area contributed by atoms with E-state index in [-0.39, 0.29) is 18.4 Å². The number of alkyl carbamates (subject to hydrolysis) is 1. The summed E-state index contributed by atoms with van der Waals surface area (Å²) in [5.74, 6) is 0.217. The number of ketones is 1.